The third kappa shape index (κ3) is 5.80. The van der Waals surface area contributed by atoms with Crippen LogP contribution in [-0.2, 0) is 14.8 Å². The summed E-state index contributed by atoms with van der Waals surface area (Å²) in [5, 5.41) is 3.45. The van der Waals surface area contributed by atoms with E-state index in [9.17, 15) is 13.2 Å². The van der Waals surface area contributed by atoms with Gasteiger partial charge in [-0.05, 0) is 80.3 Å². The largest absolute Gasteiger partial charge is 0.372 e. The van der Waals surface area contributed by atoms with Crippen LogP contribution in [0.2, 0.25) is 5.02 Å². The molecule has 3 aromatic carbocycles. The van der Waals surface area contributed by atoms with Gasteiger partial charge in [0.25, 0.3) is 10.0 Å². The first kappa shape index (κ1) is 25.1. The van der Waals surface area contributed by atoms with E-state index in [1.807, 2.05) is 19.1 Å². The van der Waals surface area contributed by atoms with Crippen molar-refractivity contribution in [2.24, 2.45) is 0 Å². The van der Waals surface area contributed by atoms with E-state index in [0.29, 0.717) is 16.3 Å². The molecule has 1 aliphatic rings. The van der Waals surface area contributed by atoms with Gasteiger partial charge in [0.05, 0.1) is 16.6 Å². The number of anilines is 2. The Labute approximate surface area is 212 Å². The normalized spacial score (nSPS) is 14.5. The summed E-state index contributed by atoms with van der Waals surface area (Å²) in [4.78, 5) is 15.6. The van der Waals surface area contributed by atoms with Crippen molar-refractivity contribution in [2.75, 3.05) is 28.8 Å². The van der Waals surface area contributed by atoms with Gasteiger partial charge in [-0.3, -0.25) is 9.10 Å². The number of carbonyl (C=O) groups is 1. The molecule has 0 aliphatic carbocycles. The van der Waals surface area contributed by atoms with Crippen LogP contribution in [0.25, 0.3) is 0 Å². The van der Waals surface area contributed by atoms with Crippen LogP contribution in [0.5, 0.6) is 0 Å². The number of benzene rings is 3. The first-order chi connectivity index (χ1) is 16.8. The Hall–Kier alpha value is -3.03. The number of rotatable bonds is 8. The topological polar surface area (TPSA) is 69.7 Å². The van der Waals surface area contributed by atoms with Gasteiger partial charge >= 0.3 is 0 Å². The Bertz CT molecular complexity index is 1270. The second-order valence-electron chi connectivity index (χ2n) is 8.83. The van der Waals surface area contributed by atoms with Crippen molar-refractivity contribution in [1.82, 2.24) is 5.32 Å². The molecule has 1 unspecified atom stereocenters. The van der Waals surface area contributed by atoms with Crippen molar-refractivity contribution < 1.29 is 13.2 Å². The number of carbonyl (C=O) groups excluding carboxylic acids is 1. The summed E-state index contributed by atoms with van der Waals surface area (Å²) in [5.74, 6) is -0.394. The minimum Gasteiger partial charge on any atom is -0.372 e. The number of hydrogen-bond donors (Lipinski definition) is 1. The van der Waals surface area contributed by atoms with E-state index >= 15 is 0 Å². The first-order valence-corrected chi connectivity index (χ1v) is 13.6. The summed E-state index contributed by atoms with van der Waals surface area (Å²) in [6.07, 6.45) is 2.42. The molecule has 4 rings (SSSR count). The molecule has 1 aliphatic heterocycles. The molecule has 0 radical (unpaired) electrons. The van der Waals surface area contributed by atoms with E-state index in [1.54, 1.807) is 43.3 Å². The summed E-state index contributed by atoms with van der Waals surface area (Å²) >= 11 is 6.10. The van der Waals surface area contributed by atoms with Gasteiger partial charge in [0.2, 0.25) is 5.91 Å². The lowest BCUT2D eigenvalue weighted by Gasteiger charge is -2.26. The van der Waals surface area contributed by atoms with Crippen LogP contribution in [-0.4, -0.2) is 34.0 Å². The van der Waals surface area contributed by atoms with Crippen molar-refractivity contribution in [2.45, 2.75) is 37.6 Å². The van der Waals surface area contributed by atoms with Gasteiger partial charge in [0.1, 0.15) is 6.54 Å². The van der Waals surface area contributed by atoms with Crippen molar-refractivity contribution in [3.8, 4) is 0 Å². The molecule has 3 aromatic rings. The number of aryl methyl sites for hydroxylation is 1. The fourth-order valence-electron chi connectivity index (χ4n) is 4.37. The van der Waals surface area contributed by atoms with Gasteiger partial charge in [-0.2, -0.15) is 0 Å². The van der Waals surface area contributed by atoms with Crippen molar-refractivity contribution in [3.05, 3.63) is 88.9 Å². The van der Waals surface area contributed by atoms with Crippen molar-refractivity contribution >= 4 is 38.9 Å². The van der Waals surface area contributed by atoms with Gasteiger partial charge in [0, 0.05) is 23.8 Å². The van der Waals surface area contributed by atoms with Crippen LogP contribution in [0.15, 0.2) is 77.7 Å². The fourth-order valence-corrected chi connectivity index (χ4v) is 6.10. The number of amides is 1. The molecular weight excluding hydrogens is 482 g/mol. The molecule has 1 atom stereocenters. The molecule has 1 amide bonds. The molecule has 184 valence electrons. The molecular formula is C27H30ClN3O3S. The standard InChI is InChI=1S/C27H30ClN3O3S/c1-20-18-23(28)12-15-26(20)31(35(33,34)25-8-4-3-5-9-25)19-27(32)29-21(2)22-10-13-24(14-11-22)30-16-6-7-17-30/h3-5,8-15,18,21H,6-7,16-17,19H2,1-2H3,(H,29,32). The van der Waals surface area contributed by atoms with Gasteiger partial charge in [-0.1, -0.05) is 41.9 Å². The lowest BCUT2D eigenvalue weighted by Crippen LogP contribution is -2.41. The summed E-state index contributed by atoms with van der Waals surface area (Å²) < 4.78 is 28.2. The maximum absolute atomic E-state index is 13.5. The lowest BCUT2D eigenvalue weighted by molar-refractivity contribution is -0.120. The highest BCUT2D eigenvalue weighted by Gasteiger charge is 2.28. The molecule has 0 bridgehead atoms. The van der Waals surface area contributed by atoms with E-state index in [0.717, 1.165) is 23.0 Å². The summed E-state index contributed by atoms with van der Waals surface area (Å²) in [5.41, 5.74) is 3.22. The molecule has 1 fully saturated rings. The Morgan fingerprint density at radius 1 is 1.03 bits per heavy atom. The highest BCUT2D eigenvalue weighted by molar-refractivity contribution is 7.92. The zero-order valence-corrected chi connectivity index (χ0v) is 21.5. The number of halogens is 1. The van der Waals surface area contributed by atoms with E-state index in [-0.39, 0.29) is 17.5 Å². The van der Waals surface area contributed by atoms with E-state index in [1.165, 1.54) is 30.7 Å². The van der Waals surface area contributed by atoms with Gasteiger partial charge in [-0.25, -0.2) is 8.42 Å². The molecule has 35 heavy (non-hydrogen) atoms. The van der Waals surface area contributed by atoms with E-state index in [4.69, 9.17) is 11.6 Å². The van der Waals surface area contributed by atoms with Crippen LogP contribution in [0.3, 0.4) is 0 Å². The van der Waals surface area contributed by atoms with Gasteiger partial charge in [-0.15, -0.1) is 0 Å². The summed E-state index contributed by atoms with van der Waals surface area (Å²) in [6.45, 7) is 5.46. The quantitative estimate of drug-likeness (QED) is 0.444. The monoisotopic (exact) mass is 511 g/mol. The third-order valence-electron chi connectivity index (χ3n) is 6.29. The summed E-state index contributed by atoms with van der Waals surface area (Å²) in [6, 6.07) is 21.0. The molecule has 1 N–H and O–H groups in total. The second-order valence-corrected chi connectivity index (χ2v) is 11.1. The Balaban J connectivity index is 1.54. The molecule has 1 heterocycles. The molecule has 6 nitrogen and oxygen atoms in total. The Morgan fingerprint density at radius 2 is 1.69 bits per heavy atom. The smallest absolute Gasteiger partial charge is 0.264 e. The third-order valence-corrected chi connectivity index (χ3v) is 8.30. The van der Waals surface area contributed by atoms with Gasteiger partial charge < -0.3 is 10.2 Å². The van der Waals surface area contributed by atoms with Crippen LogP contribution >= 0.6 is 11.6 Å². The Morgan fingerprint density at radius 3 is 2.31 bits per heavy atom. The van der Waals surface area contributed by atoms with Crippen LogP contribution < -0.4 is 14.5 Å². The van der Waals surface area contributed by atoms with Crippen LogP contribution in [0.1, 0.15) is 36.9 Å². The molecule has 0 saturated carbocycles. The van der Waals surface area contributed by atoms with Crippen molar-refractivity contribution in [1.29, 1.82) is 0 Å². The zero-order valence-electron chi connectivity index (χ0n) is 19.9. The maximum atomic E-state index is 13.5. The van der Waals surface area contributed by atoms with Crippen LogP contribution in [0.4, 0.5) is 11.4 Å². The zero-order chi connectivity index (χ0) is 25.0. The van der Waals surface area contributed by atoms with E-state index < -0.39 is 15.9 Å². The fraction of sp³-hybridized carbons (Fsp3) is 0.296. The minimum atomic E-state index is -3.98. The maximum Gasteiger partial charge on any atom is 0.264 e. The minimum absolute atomic E-state index is 0.118. The SMILES string of the molecule is Cc1cc(Cl)ccc1N(CC(=O)NC(C)c1ccc(N2CCCC2)cc1)S(=O)(=O)c1ccccc1. The Kier molecular flexibility index (Phi) is 7.67. The first-order valence-electron chi connectivity index (χ1n) is 11.7. The molecule has 0 aromatic heterocycles. The number of hydrogen-bond acceptors (Lipinski definition) is 4. The predicted molar refractivity (Wildman–Crippen MR) is 142 cm³/mol. The average Bonchev–Trinajstić information content (AvgIpc) is 3.39. The van der Waals surface area contributed by atoms with Crippen molar-refractivity contribution in [3.63, 3.8) is 0 Å². The average molecular weight is 512 g/mol. The van der Waals surface area contributed by atoms with Gasteiger partial charge in [0.15, 0.2) is 0 Å². The second kappa shape index (κ2) is 10.7. The number of nitrogens with one attached hydrogen (secondary N) is 1. The number of sulfonamides is 1. The van der Waals surface area contributed by atoms with Crippen LogP contribution in [0, 0.1) is 6.92 Å². The highest BCUT2D eigenvalue weighted by atomic mass is 35.5. The highest BCUT2D eigenvalue weighted by Crippen LogP contribution is 2.29. The molecule has 0 spiro atoms. The predicted octanol–water partition coefficient (Wildman–Crippen LogP) is 5.32. The van der Waals surface area contributed by atoms with E-state index in [2.05, 4.69) is 22.3 Å². The summed E-state index contributed by atoms with van der Waals surface area (Å²) in [7, 11) is -3.98. The molecule has 8 heteroatoms. The number of nitrogens with zero attached hydrogens (tertiary/aromatic N) is 2. The lowest BCUT2D eigenvalue weighted by atomic mass is 10.1. The molecule has 1 saturated heterocycles.